The Kier molecular flexibility index (Phi) is 7.25. The molecule has 0 spiro atoms. The average molecular weight is 272 g/mol. The van der Waals surface area contributed by atoms with E-state index in [0.29, 0.717) is 0 Å². The predicted octanol–water partition coefficient (Wildman–Crippen LogP) is 1.71. The predicted molar refractivity (Wildman–Crippen MR) is 60.6 cm³/mol. The number of carbonyl (C=O) groups excluding carboxylic acids is 2. The van der Waals surface area contributed by atoms with E-state index in [-0.39, 0.29) is 12.3 Å². The van der Waals surface area contributed by atoms with Crippen LogP contribution in [0.5, 0.6) is 0 Å². The van der Waals surface area contributed by atoms with Gasteiger partial charge in [-0.25, -0.2) is 9.59 Å². The number of amides is 1. The Labute approximate surface area is 104 Å². The molecule has 2 atom stereocenters. The molecule has 0 saturated heterocycles. The van der Waals surface area contributed by atoms with Gasteiger partial charge in [0.05, 0.1) is 14.2 Å². The zero-order chi connectivity index (χ0) is 12.7. The van der Waals surface area contributed by atoms with Crippen LogP contribution in [0.15, 0.2) is 0 Å². The lowest BCUT2D eigenvalue weighted by atomic mass is 10.0. The molecular formula is C9H15Cl2NO4. The van der Waals surface area contributed by atoms with E-state index < -0.39 is 22.9 Å². The lowest BCUT2D eigenvalue weighted by Gasteiger charge is -2.20. The van der Waals surface area contributed by atoms with Gasteiger partial charge in [0.2, 0.25) is 0 Å². The maximum atomic E-state index is 11.3. The van der Waals surface area contributed by atoms with E-state index in [2.05, 4.69) is 14.8 Å². The monoisotopic (exact) mass is 271 g/mol. The molecule has 0 aromatic carbocycles. The first-order valence-corrected chi connectivity index (χ1v) is 5.50. The maximum Gasteiger partial charge on any atom is 0.407 e. The fourth-order valence-corrected chi connectivity index (χ4v) is 1.24. The van der Waals surface area contributed by atoms with Gasteiger partial charge in [0, 0.05) is 0 Å². The molecule has 16 heavy (non-hydrogen) atoms. The quantitative estimate of drug-likeness (QED) is 0.611. The van der Waals surface area contributed by atoms with Gasteiger partial charge in [-0.15, -0.1) is 23.2 Å². The molecule has 1 N–H and O–H groups in total. The summed E-state index contributed by atoms with van der Waals surface area (Å²) in [4.78, 5) is 21.7. The summed E-state index contributed by atoms with van der Waals surface area (Å²) in [7, 11) is 2.44. The minimum Gasteiger partial charge on any atom is -0.467 e. The zero-order valence-corrected chi connectivity index (χ0v) is 10.8. The van der Waals surface area contributed by atoms with E-state index in [9.17, 15) is 9.59 Å². The third kappa shape index (κ3) is 5.42. The first-order chi connectivity index (χ1) is 7.42. The minimum atomic E-state index is -0.813. The van der Waals surface area contributed by atoms with Gasteiger partial charge < -0.3 is 14.8 Å². The van der Waals surface area contributed by atoms with Crippen LogP contribution in [0.2, 0.25) is 0 Å². The lowest BCUT2D eigenvalue weighted by molar-refractivity contribution is -0.143. The molecule has 0 aliphatic rings. The first-order valence-electron chi connectivity index (χ1n) is 4.62. The van der Waals surface area contributed by atoms with E-state index in [1.165, 1.54) is 14.2 Å². The second kappa shape index (κ2) is 7.57. The van der Waals surface area contributed by atoms with Crippen LogP contribution in [0.1, 0.15) is 13.3 Å². The number of methoxy groups -OCH3 is 2. The molecule has 94 valence electrons. The molecule has 7 heteroatoms. The summed E-state index contributed by atoms with van der Waals surface area (Å²) >= 11 is 11.3. The molecular weight excluding hydrogens is 257 g/mol. The Balaban J connectivity index is 4.43. The largest absolute Gasteiger partial charge is 0.467 e. The van der Waals surface area contributed by atoms with Gasteiger partial charge in [0.15, 0.2) is 0 Å². The van der Waals surface area contributed by atoms with Crippen LogP contribution < -0.4 is 5.32 Å². The highest BCUT2D eigenvalue weighted by Crippen LogP contribution is 2.20. The number of nitrogens with one attached hydrogen (secondary N) is 1. The number of hydrogen-bond donors (Lipinski definition) is 1. The standard InChI is InChI=1S/C9H15Cl2NO4/c1-5(7(10)11)4-6(8(13)15-2)12-9(14)16-3/h5-7H,4H2,1-3H3,(H,12,14)/t5-,6+/m0/s1. The zero-order valence-electron chi connectivity index (χ0n) is 9.33. The van der Waals surface area contributed by atoms with Crippen LogP contribution in [0.4, 0.5) is 4.79 Å². The van der Waals surface area contributed by atoms with Crippen LogP contribution in [-0.2, 0) is 14.3 Å². The van der Waals surface area contributed by atoms with Crippen LogP contribution in [0.25, 0.3) is 0 Å². The second-order valence-electron chi connectivity index (χ2n) is 3.26. The number of rotatable bonds is 5. The number of halogens is 2. The molecule has 1 amide bonds. The number of alkyl halides is 2. The summed E-state index contributed by atoms with van der Waals surface area (Å²) < 4.78 is 8.94. The van der Waals surface area contributed by atoms with E-state index in [4.69, 9.17) is 23.2 Å². The van der Waals surface area contributed by atoms with Crippen LogP contribution in [-0.4, -0.2) is 37.2 Å². The Bertz CT molecular complexity index is 248. The molecule has 0 bridgehead atoms. The van der Waals surface area contributed by atoms with Gasteiger partial charge in [0.1, 0.15) is 10.9 Å². The third-order valence-corrected chi connectivity index (χ3v) is 2.86. The van der Waals surface area contributed by atoms with Crippen LogP contribution in [0, 0.1) is 5.92 Å². The minimum absolute atomic E-state index is 0.162. The highest BCUT2D eigenvalue weighted by molar-refractivity contribution is 6.44. The van der Waals surface area contributed by atoms with E-state index in [0.717, 1.165) is 0 Å². The van der Waals surface area contributed by atoms with E-state index in [1.807, 2.05) is 0 Å². The Morgan fingerprint density at radius 3 is 2.19 bits per heavy atom. The normalized spacial score (nSPS) is 14.1. The summed E-state index contributed by atoms with van der Waals surface area (Å²) in [6.45, 7) is 1.76. The Hall–Kier alpha value is -0.680. The molecule has 0 aliphatic heterocycles. The van der Waals surface area contributed by atoms with Crippen molar-refractivity contribution in [3.8, 4) is 0 Å². The molecule has 0 radical (unpaired) electrons. The van der Waals surface area contributed by atoms with Gasteiger partial charge in [-0.1, -0.05) is 6.92 Å². The Morgan fingerprint density at radius 1 is 1.25 bits per heavy atom. The number of hydrogen-bond acceptors (Lipinski definition) is 4. The fourth-order valence-electron chi connectivity index (χ4n) is 1.03. The van der Waals surface area contributed by atoms with Crippen molar-refractivity contribution in [1.82, 2.24) is 5.32 Å². The molecule has 0 heterocycles. The van der Waals surface area contributed by atoms with Crippen molar-refractivity contribution in [2.75, 3.05) is 14.2 Å². The van der Waals surface area contributed by atoms with Gasteiger partial charge in [-0.05, 0) is 12.3 Å². The highest BCUT2D eigenvalue weighted by atomic mass is 35.5. The molecule has 0 aliphatic carbocycles. The van der Waals surface area contributed by atoms with E-state index >= 15 is 0 Å². The molecule has 0 aromatic heterocycles. The Morgan fingerprint density at radius 2 is 1.81 bits per heavy atom. The third-order valence-electron chi connectivity index (χ3n) is 2.00. The van der Waals surface area contributed by atoms with Gasteiger partial charge >= 0.3 is 12.1 Å². The van der Waals surface area contributed by atoms with Crippen molar-refractivity contribution >= 4 is 35.3 Å². The van der Waals surface area contributed by atoms with Crippen molar-refractivity contribution in [1.29, 1.82) is 0 Å². The van der Waals surface area contributed by atoms with Crippen LogP contribution in [0.3, 0.4) is 0 Å². The molecule has 5 nitrogen and oxygen atoms in total. The smallest absolute Gasteiger partial charge is 0.407 e. The summed E-state index contributed by atoms with van der Waals surface area (Å²) in [5.74, 6) is -0.726. The summed E-state index contributed by atoms with van der Waals surface area (Å²) in [6, 6.07) is -0.813. The number of carbonyl (C=O) groups is 2. The van der Waals surface area contributed by atoms with Crippen molar-refractivity contribution in [2.45, 2.75) is 24.2 Å². The van der Waals surface area contributed by atoms with Gasteiger partial charge in [0.25, 0.3) is 0 Å². The lowest BCUT2D eigenvalue weighted by Crippen LogP contribution is -2.43. The average Bonchev–Trinajstić information content (AvgIpc) is 2.26. The summed E-state index contributed by atoms with van der Waals surface area (Å²) in [5, 5.41) is 2.35. The molecule has 0 unspecified atom stereocenters. The second-order valence-corrected chi connectivity index (χ2v) is 4.42. The summed E-state index contributed by atoms with van der Waals surface area (Å²) in [6.07, 6.45) is -0.428. The van der Waals surface area contributed by atoms with Gasteiger partial charge in [-0.2, -0.15) is 0 Å². The summed E-state index contributed by atoms with van der Waals surface area (Å²) in [5.41, 5.74) is 0. The van der Waals surface area contributed by atoms with Gasteiger partial charge in [-0.3, -0.25) is 0 Å². The van der Waals surface area contributed by atoms with Crippen molar-refractivity contribution < 1.29 is 19.1 Å². The van der Waals surface area contributed by atoms with Crippen LogP contribution >= 0.6 is 23.2 Å². The topological polar surface area (TPSA) is 64.6 Å². The van der Waals surface area contributed by atoms with Crippen molar-refractivity contribution in [2.24, 2.45) is 5.92 Å². The fraction of sp³-hybridized carbons (Fsp3) is 0.778. The number of ether oxygens (including phenoxy) is 2. The molecule has 0 aromatic rings. The van der Waals surface area contributed by atoms with Crippen molar-refractivity contribution in [3.05, 3.63) is 0 Å². The number of esters is 1. The molecule has 0 rings (SSSR count). The molecule has 0 fully saturated rings. The van der Waals surface area contributed by atoms with E-state index in [1.54, 1.807) is 6.92 Å². The van der Waals surface area contributed by atoms with Crippen molar-refractivity contribution in [3.63, 3.8) is 0 Å². The highest BCUT2D eigenvalue weighted by Gasteiger charge is 2.26. The number of alkyl carbamates (subject to hydrolysis) is 1. The first kappa shape index (κ1) is 15.3. The SMILES string of the molecule is COC(=O)N[C@H](C[C@H](C)C(Cl)Cl)C(=O)OC. The maximum absolute atomic E-state index is 11.3. The molecule has 0 saturated carbocycles.